The summed E-state index contributed by atoms with van der Waals surface area (Å²) in [5.41, 5.74) is 1.89. The fourth-order valence-corrected chi connectivity index (χ4v) is 1.71. The Hall–Kier alpha value is -2.28. The zero-order valence-electron chi connectivity index (χ0n) is 9.40. The SMILES string of the molecule is COC(=O)/C(C#N)=C/c1ccc2c(c1)CCO2. The van der Waals surface area contributed by atoms with E-state index in [4.69, 9.17) is 10.00 Å². The van der Waals surface area contributed by atoms with E-state index in [9.17, 15) is 4.79 Å². The van der Waals surface area contributed by atoms with Gasteiger partial charge in [0.15, 0.2) is 0 Å². The molecule has 4 nitrogen and oxygen atoms in total. The molecular formula is C13H11NO3. The second-order valence-corrected chi connectivity index (χ2v) is 3.63. The van der Waals surface area contributed by atoms with Crippen molar-refractivity contribution in [2.24, 2.45) is 0 Å². The van der Waals surface area contributed by atoms with Crippen molar-refractivity contribution in [3.8, 4) is 11.8 Å². The molecule has 2 rings (SSSR count). The first kappa shape index (κ1) is 11.2. The van der Waals surface area contributed by atoms with Gasteiger partial charge in [0.1, 0.15) is 17.4 Å². The Kier molecular flexibility index (Phi) is 3.10. The maximum Gasteiger partial charge on any atom is 0.348 e. The van der Waals surface area contributed by atoms with E-state index in [0.717, 1.165) is 23.3 Å². The van der Waals surface area contributed by atoms with E-state index in [0.29, 0.717) is 6.61 Å². The number of methoxy groups -OCH3 is 1. The molecule has 1 aromatic rings. The van der Waals surface area contributed by atoms with Crippen LogP contribution in [0.1, 0.15) is 11.1 Å². The lowest BCUT2D eigenvalue weighted by molar-refractivity contribution is -0.135. The second kappa shape index (κ2) is 4.71. The van der Waals surface area contributed by atoms with Gasteiger partial charge in [0.25, 0.3) is 0 Å². The highest BCUT2D eigenvalue weighted by Gasteiger charge is 2.13. The van der Waals surface area contributed by atoms with Crippen LogP contribution >= 0.6 is 0 Å². The molecule has 0 amide bonds. The number of esters is 1. The summed E-state index contributed by atoms with van der Waals surface area (Å²) < 4.78 is 9.89. The van der Waals surface area contributed by atoms with E-state index in [1.807, 2.05) is 24.3 Å². The van der Waals surface area contributed by atoms with Gasteiger partial charge < -0.3 is 9.47 Å². The van der Waals surface area contributed by atoms with Crippen molar-refractivity contribution in [3.05, 3.63) is 34.9 Å². The van der Waals surface area contributed by atoms with Gasteiger partial charge in [0, 0.05) is 6.42 Å². The molecule has 0 unspecified atom stereocenters. The number of rotatable bonds is 2. The third kappa shape index (κ3) is 2.28. The highest BCUT2D eigenvalue weighted by atomic mass is 16.5. The van der Waals surface area contributed by atoms with Crippen LogP contribution in [0.3, 0.4) is 0 Å². The van der Waals surface area contributed by atoms with Crippen molar-refractivity contribution in [1.29, 1.82) is 5.26 Å². The molecule has 1 aliphatic heterocycles. The quantitative estimate of drug-likeness (QED) is 0.440. The van der Waals surface area contributed by atoms with Crippen LogP contribution in [0.5, 0.6) is 5.75 Å². The molecule has 1 aromatic carbocycles. The van der Waals surface area contributed by atoms with E-state index in [2.05, 4.69) is 4.74 Å². The molecule has 0 N–H and O–H groups in total. The van der Waals surface area contributed by atoms with E-state index < -0.39 is 5.97 Å². The third-order valence-electron chi connectivity index (χ3n) is 2.55. The maximum atomic E-state index is 11.2. The van der Waals surface area contributed by atoms with Gasteiger partial charge in [-0.1, -0.05) is 6.07 Å². The summed E-state index contributed by atoms with van der Waals surface area (Å²) in [6.45, 7) is 0.685. The van der Waals surface area contributed by atoms with Gasteiger partial charge in [-0.3, -0.25) is 0 Å². The van der Waals surface area contributed by atoms with Crippen molar-refractivity contribution in [2.45, 2.75) is 6.42 Å². The van der Waals surface area contributed by atoms with Crippen molar-refractivity contribution >= 4 is 12.0 Å². The molecular weight excluding hydrogens is 218 g/mol. The van der Waals surface area contributed by atoms with E-state index in [1.54, 1.807) is 0 Å². The van der Waals surface area contributed by atoms with Crippen LogP contribution in [-0.4, -0.2) is 19.7 Å². The van der Waals surface area contributed by atoms with Crippen molar-refractivity contribution < 1.29 is 14.3 Å². The molecule has 17 heavy (non-hydrogen) atoms. The highest BCUT2D eigenvalue weighted by molar-refractivity contribution is 5.97. The molecule has 0 spiro atoms. The fraction of sp³-hybridized carbons (Fsp3) is 0.231. The maximum absolute atomic E-state index is 11.2. The van der Waals surface area contributed by atoms with Gasteiger partial charge in [-0.05, 0) is 29.3 Å². The average Bonchev–Trinajstić information content (AvgIpc) is 2.82. The van der Waals surface area contributed by atoms with Crippen LogP contribution in [0.25, 0.3) is 6.08 Å². The van der Waals surface area contributed by atoms with Gasteiger partial charge in [-0.2, -0.15) is 5.26 Å². The van der Waals surface area contributed by atoms with Crippen LogP contribution in [0.15, 0.2) is 23.8 Å². The standard InChI is InChI=1S/C13H11NO3/c1-16-13(15)11(8-14)7-9-2-3-12-10(6-9)4-5-17-12/h2-3,6-7H,4-5H2,1H3/b11-7+. The van der Waals surface area contributed by atoms with Crippen LogP contribution in [-0.2, 0) is 16.0 Å². The Morgan fingerprint density at radius 2 is 2.41 bits per heavy atom. The van der Waals surface area contributed by atoms with Crippen molar-refractivity contribution in [3.63, 3.8) is 0 Å². The summed E-state index contributed by atoms with van der Waals surface area (Å²) in [4.78, 5) is 11.2. The average molecular weight is 229 g/mol. The minimum Gasteiger partial charge on any atom is -0.493 e. The van der Waals surface area contributed by atoms with Gasteiger partial charge in [0.2, 0.25) is 0 Å². The smallest absolute Gasteiger partial charge is 0.348 e. The molecule has 0 fully saturated rings. The van der Waals surface area contributed by atoms with Gasteiger partial charge in [-0.15, -0.1) is 0 Å². The van der Waals surface area contributed by atoms with E-state index >= 15 is 0 Å². The number of nitriles is 1. The summed E-state index contributed by atoms with van der Waals surface area (Å²) in [6.07, 6.45) is 2.38. The first-order chi connectivity index (χ1) is 8.24. The predicted molar refractivity (Wildman–Crippen MR) is 61.2 cm³/mol. The minimum atomic E-state index is -0.621. The second-order valence-electron chi connectivity index (χ2n) is 3.63. The molecule has 0 radical (unpaired) electrons. The number of ether oxygens (including phenoxy) is 2. The normalized spacial score (nSPS) is 13.5. The molecule has 86 valence electrons. The monoisotopic (exact) mass is 229 g/mol. The zero-order valence-corrected chi connectivity index (χ0v) is 9.40. The number of hydrogen-bond acceptors (Lipinski definition) is 4. The lowest BCUT2D eigenvalue weighted by Crippen LogP contribution is -2.02. The molecule has 0 aromatic heterocycles. The number of nitrogens with zero attached hydrogens (tertiary/aromatic N) is 1. The van der Waals surface area contributed by atoms with Crippen molar-refractivity contribution in [2.75, 3.05) is 13.7 Å². The summed E-state index contributed by atoms with van der Waals surface area (Å²) in [7, 11) is 1.25. The van der Waals surface area contributed by atoms with Crippen LogP contribution in [0, 0.1) is 11.3 Å². The summed E-state index contributed by atoms with van der Waals surface area (Å²) in [5, 5.41) is 8.84. The molecule has 0 saturated heterocycles. The molecule has 1 heterocycles. The summed E-state index contributed by atoms with van der Waals surface area (Å²) in [5.74, 6) is 0.253. The Balaban J connectivity index is 2.32. The van der Waals surface area contributed by atoms with Gasteiger partial charge >= 0.3 is 5.97 Å². The largest absolute Gasteiger partial charge is 0.493 e. The first-order valence-electron chi connectivity index (χ1n) is 5.20. The molecule has 0 bridgehead atoms. The third-order valence-corrected chi connectivity index (χ3v) is 2.55. The fourth-order valence-electron chi connectivity index (χ4n) is 1.71. The summed E-state index contributed by atoms with van der Waals surface area (Å²) >= 11 is 0. The van der Waals surface area contributed by atoms with Gasteiger partial charge in [-0.25, -0.2) is 4.79 Å². The number of benzene rings is 1. The van der Waals surface area contributed by atoms with Crippen LogP contribution < -0.4 is 4.74 Å². The Bertz CT molecular complexity index is 526. The zero-order chi connectivity index (χ0) is 12.3. The number of hydrogen-bond donors (Lipinski definition) is 0. The minimum absolute atomic E-state index is 0.00800. The molecule has 4 heteroatoms. The predicted octanol–water partition coefficient (Wildman–Crippen LogP) is 1.70. The molecule has 1 aliphatic rings. The van der Waals surface area contributed by atoms with E-state index in [-0.39, 0.29) is 5.57 Å². The number of carbonyl (C=O) groups is 1. The van der Waals surface area contributed by atoms with Crippen LogP contribution in [0.4, 0.5) is 0 Å². The summed E-state index contributed by atoms with van der Waals surface area (Å²) in [6, 6.07) is 7.40. The number of carbonyl (C=O) groups excluding carboxylic acids is 1. The lowest BCUT2D eigenvalue weighted by Gasteiger charge is -2.00. The Morgan fingerprint density at radius 1 is 1.59 bits per heavy atom. The van der Waals surface area contributed by atoms with Crippen molar-refractivity contribution in [1.82, 2.24) is 0 Å². The van der Waals surface area contributed by atoms with E-state index in [1.165, 1.54) is 13.2 Å². The Labute approximate surface area is 99.1 Å². The Morgan fingerprint density at radius 3 is 3.12 bits per heavy atom. The highest BCUT2D eigenvalue weighted by Crippen LogP contribution is 2.26. The number of fused-ring (bicyclic) bond motifs is 1. The molecule has 0 aliphatic carbocycles. The molecule has 0 saturated carbocycles. The first-order valence-corrected chi connectivity index (χ1v) is 5.20. The lowest BCUT2D eigenvalue weighted by atomic mass is 10.1. The topological polar surface area (TPSA) is 59.3 Å². The van der Waals surface area contributed by atoms with Crippen LogP contribution in [0.2, 0.25) is 0 Å². The molecule has 0 atom stereocenters. The van der Waals surface area contributed by atoms with Gasteiger partial charge in [0.05, 0.1) is 13.7 Å².